The Morgan fingerprint density at radius 1 is 1.10 bits per heavy atom. The summed E-state index contributed by atoms with van der Waals surface area (Å²) in [5, 5.41) is 0.298. The van der Waals surface area contributed by atoms with Gasteiger partial charge in [0.15, 0.2) is 0 Å². The van der Waals surface area contributed by atoms with E-state index in [2.05, 4.69) is 44.8 Å². The molecule has 0 N–H and O–H groups in total. The van der Waals surface area contributed by atoms with E-state index in [9.17, 15) is 0 Å². The van der Waals surface area contributed by atoms with Crippen LogP contribution in [0.1, 0.15) is 59.3 Å². The second kappa shape index (κ2) is 6.23. The van der Waals surface area contributed by atoms with Crippen molar-refractivity contribution in [3.8, 4) is 0 Å². The summed E-state index contributed by atoms with van der Waals surface area (Å²) >= 11 is 0. The Balaban J connectivity index is 2.02. The summed E-state index contributed by atoms with van der Waals surface area (Å²) in [6.07, 6.45) is 10.4. The Bertz CT molecular complexity index is 350. The zero-order valence-corrected chi connectivity index (χ0v) is 15.2. The summed E-state index contributed by atoms with van der Waals surface area (Å²) in [6, 6.07) is 0.642. The van der Waals surface area contributed by atoms with Crippen LogP contribution in [0.3, 0.4) is 0 Å². The number of hydrogen-bond acceptors (Lipinski definition) is 2. The minimum atomic E-state index is -1.66. The normalized spacial score (nSPS) is 26.2. The molecular weight excluding hydrogens is 262 g/mol. The standard InChI is InChI=1S/C17H33NOSi/c1-17(2,3)20(4,5)19-16-11-9-10-15(14-16)18-12-7-6-8-13-18/h14-15H,6-13H2,1-5H3. The molecule has 1 aliphatic heterocycles. The quantitative estimate of drug-likeness (QED) is 0.684. The van der Waals surface area contributed by atoms with E-state index in [1.807, 2.05) is 0 Å². The van der Waals surface area contributed by atoms with Crippen molar-refractivity contribution in [2.75, 3.05) is 13.1 Å². The number of nitrogens with zero attached hydrogens (tertiary/aromatic N) is 1. The molecule has 1 unspecified atom stereocenters. The fourth-order valence-electron chi connectivity index (χ4n) is 2.97. The van der Waals surface area contributed by atoms with Gasteiger partial charge in [-0.1, -0.05) is 27.2 Å². The third kappa shape index (κ3) is 3.88. The predicted octanol–water partition coefficient (Wildman–Crippen LogP) is 4.93. The van der Waals surface area contributed by atoms with Crippen LogP contribution in [0.2, 0.25) is 18.1 Å². The van der Waals surface area contributed by atoms with Crippen LogP contribution in [0.25, 0.3) is 0 Å². The van der Waals surface area contributed by atoms with Crippen molar-refractivity contribution in [1.29, 1.82) is 0 Å². The monoisotopic (exact) mass is 295 g/mol. The number of rotatable bonds is 3. The average molecular weight is 296 g/mol. The first-order valence-corrected chi connectivity index (χ1v) is 11.3. The van der Waals surface area contributed by atoms with Crippen molar-refractivity contribution in [3.63, 3.8) is 0 Å². The lowest BCUT2D eigenvalue weighted by atomic mass is 9.98. The summed E-state index contributed by atoms with van der Waals surface area (Å²) in [7, 11) is -1.66. The van der Waals surface area contributed by atoms with Crippen LogP contribution < -0.4 is 0 Å². The van der Waals surface area contributed by atoms with Crippen molar-refractivity contribution in [1.82, 2.24) is 4.90 Å². The molecule has 2 aliphatic rings. The molecule has 0 spiro atoms. The van der Waals surface area contributed by atoms with Crippen LogP contribution in [0.15, 0.2) is 11.8 Å². The van der Waals surface area contributed by atoms with Crippen molar-refractivity contribution in [3.05, 3.63) is 11.8 Å². The van der Waals surface area contributed by atoms with Crippen molar-refractivity contribution < 1.29 is 4.43 Å². The van der Waals surface area contributed by atoms with Gasteiger partial charge in [-0.25, -0.2) is 0 Å². The molecule has 1 atom stereocenters. The number of hydrogen-bond donors (Lipinski definition) is 0. The molecule has 2 nitrogen and oxygen atoms in total. The van der Waals surface area contributed by atoms with Gasteiger partial charge in [0.05, 0.1) is 5.76 Å². The fourth-order valence-corrected chi connectivity index (χ4v) is 4.10. The highest BCUT2D eigenvalue weighted by Crippen LogP contribution is 2.39. The van der Waals surface area contributed by atoms with Crippen LogP contribution in [-0.2, 0) is 4.43 Å². The molecule has 0 aromatic heterocycles. The van der Waals surface area contributed by atoms with Gasteiger partial charge in [0.2, 0.25) is 8.32 Å². The highest BCUT2D eigenvalue weighted by atomic mass is 28.4. The van der Waals surface area contributed by atoms with Crippen molar-refractivity contribution >= 4 is 8.32 Å². The second-order valence-corrected chi connectivity index (χ2v) is 12.8. The smallest absolute Gasteiger partial charge is 0.250 e. The molecule has 0 amide bonds. The van der Waals surface area contributed by atoms with Crippen LogP contribution in [0, 0.1) is 0 Å². The molecule has 0 radical (unpaired) electrons. The van der Waals surface area contributed by atoms with E-state index < -0.39 is 8.32 Å². The zero-order chi connectivity index (χ0) is 14.8. The maximum atomic E-state index is 6.54. The van der Waals surface area contributed by atoms with E-state index in [0.29, 0.717) is 11.1 Å². The third-order valence-electron chi connectivity index (χ3n) is 5.35. The number of piperidine rings is 1. The Morgan fingerprint density at radius 2 is 1.75 bits per heavy atom. The second-order valence-electron chi connectivity index (χ2n) is 8.05. The lowest BCUT2D eigenvalue weighted by Gasteiger charge is -2.40. The van der Waals surface area contributed by atoms with E-state index in [1.165, 1.54) is 51.0 Å². The van der Waals surface area contributed by atoms with E-state index >= 15 is 0 Å². The summed E-state index contributed by atoms with van der Waals surface area (Å²) in [4.78, 5) is 2.68. The molecule has 0 bridgehead atoms. The topological polar surface area (TPSA) is 12.5 Å². The Hall–Kier alpha value is -0.283. The van der Waals surface area contributed by atoms with Crippen molar-refractivity contribution in [2.45, 2.75) is 83.5 Å². The molecule has 1 heterocycles. The molecule has 0 aromatic carbocycles. The van der Waals surface area contributed by atoms with E-state index in [0.717, 1.165) is 6.42 Å². The van der Waals surface area contributed by atoms with Crippen LogP contribution >= 0.6 is 0 Å². The van der Waals surface area contributed by atoms with Gasteiger partial charge in [-0.05, 0) is 63.0 Å². The fraction of sp³-hybridized carbons (Fsp3) is 0.882. The summed E-state index contributed by atoms with van der Waals surface area (Å²) in [5.41, 5.74) is 0. The maximum absolute atomic E-state index is 6.54. The lowest BCUT2D eigenvalue weighted by molar-refractivity contribution is 0.170. The SMILES string of the molecule is CC(C)(C)[Si](C)(C)OC1=CC(N2CCCCC2)CCC1. The third-order valence-corrected chi connectivity index (χ3v) is 9.74. The Kier molecular flexibility index (Phi) is 5.01. The molecule has 1 fully saturated rings. The highest BCUT2D eigenvalue weighted by molar-refractivity contribution is 6.74. The highest BCUT2D eigenvalue weighted by Gasteiger charge is 2.39. The van der Waals surface area contributed by atoms with Gasteiger partial charge in [0.1, 0.15) is 0 Å². The molecule has 0 aromatic rings. The molecule has 0 saturated carbocycles. The van der Waals surface area contributed by atoms with Crippen LogP contribution in [0.5, 0.6) is 0 Å². The zero-order valence-electron chi connectivity index (χ0n) is 14.2. The van der Waals surface area contributed by atoms with Gasteiger partial charge in [-0.15, -0.1) is 0 Å². The van der Waals surface area contributed by atoms with E-state index in [-0.39, 0.29) is 0 Å². The first-order valence-electron chi connectivity index (χ1n) is 8.43. The minimum absolute atomic E-state index is 0.298. The lowest BCUT2D eigenvalue weighted by Crippen LogP contribution is -2.42. The molecule has 116 valence electrons. The van der Waals surface area contributed by atoms with Gasteiger partial charge < -0.3 is 4.43 Å². The molecule has 1 aliphatic carbocycles. The van der Waals surface area contributed by atoms with Crippen molar-refractivity contribution in [2.24, 2.45) is 0 Å². The van der Waals surface area contributed by atoms with E-state index in [4.69, 9.17) is 4.43 Å². The Labute approximate surface area is 126 Å². The average Bonchev–Trinajstić information content (AvgIpc) is 2.38. The molecule has 20 heavy (non-hydrogen) atoms. The predicted molar refractivity (Wildman–Crippen MR) is 89.4 cm³/mol. The first-order chi connectivity index (χ1) is 9.29. The number of allylic oxidation sites excluding steroid dienone is 1. The maximum Gasteiger partial charge on any atom is 0.250 e. The van der Waals surface area contributed by atoms with Crippen LogP contribution in [0.4, 0.5) is 0 Å². The first kappa shape index (κ1) is 16.1. The van der Waals surface area contributed by atoms with E-state index in [1.54, 1.807) is 0 Å². The minimum Gasteiger partial charge on any atom is -0.547 e. The van der Waals surface area contributed by atoms with Gasteiger partial charge in [-0.2, -0.15) is 0 Å². The molecule has 2 rings (SSSR count). The largest absolute Gasteiger partial charge is 0.547 e. The summed E-state index contributed by atoms with van der Waals surface area (Å²) < 4.78 is 6.54. The molecular formula is C17H33NOSi. The molecule has 1 saturated heterocycles. The van der Waals surface area contributed by atoms with Gasteiger partial charge in [0, 0.05) is 12.5 Å². The summed E-state index contributed by atoms with van der Waals surface area (Å²) in [6.45, 7) is 14.3. The van der Waals surface area contributed by atoms with Gasteiger partial charge in [-0.3, -0.25) is 4.90 Å². The summed E-state index contributed by atoms with van der Waals surface area (Å²) in [5.74, 6) is 1.29. The van der Waals surface area contributed by atoms with Crippen LogP contribution in [-0.4, -0.2) is 32.3 Å². The van der Waals surface area contributed by atoms with Gasteiger partial charge >= 0.3 is 0 Å². The molecule has 3 heteroatoms. The number of likely N-dealkylation sites (tertiary alicyclic amines) is 1. The Morgan fingerprint density at radius 3 is 2.35 bits per heavy atom. The van der Waals surface area contributed by atoms with Gasteiger partial charge in [0.25, 0.3) is 0 Å².